The van der Waals surface area contributed by atoms with Crippen molar-refractivity contribution in [2.45, 2.75) is 19.4 Å². The quantitative estimate of drug-likeness (QED) is 0.440. The Labute approximate surface area is 191 Å². The van der Waals surface area contributed by atoms with Crippen LogP contribution in [0.3, 0.4) is 0 Å². The summed E-state index contributed by atoms with van der Waals surface area (Å²) >= 11 is 5.99. The van der Waals surface area contributed by atoms with Crippen molar-refractivity contribution in [2.24, 2.45) is 0 Å². The number of halogens is 1. The molecule has 0 radical (unpaired) electrons. The number of amides is 1. The fourth-order valence-corrected chi connectivity index (χ4v) is 3.68. The van der Waals surface area contributed by atoms with E-state index in [9.17, 15) is 9.59 Å². The van der Waals surface area contributed by atoms with Crippen LogP contribution in [0.25, 0.3) is 0 Å². The molecule has 0 aliphatic carbocycles. The summed E-state index contributed by atoms with van der Waals surface area (Å²) in [4.78, 5) is 31.3. The average molecular weight is 444 g/mol. The van der Waals surface area contributed by atoms with E-state index >= 15 is 0 Å². The molecule has 0 spiro atoms. The number of carbonyl (C=O) groups is 1. The van der Waals surface area contributed by atoms with E-state index in [4.69, 9.17) is 11.6 Å². The van der Waals surface area contributed by atoms with E-state index in [1.54, 1.807) is 24.7 Å². The van der Waals surface area contributed by atoms with Gasteiger partial charge in [-0.15, -0.1) is 0 Å². The monoisotopic (exact) mass is 443 g/mol. The van der Waals surface area contributed by atoms with Crippen molar-refractivity contribution in [3.8, 4) is 0 Å². The van der Waals surface area contributed by atoms with Crippen LogP contribution in [0.2, 0.25) is 5.02 Å². The summed E-state index contributed by atoms with van der Waals surface area (Å²) in [6, 6.07) is 21.1. The van der Waals surface area contributed by atoms with Gasteiger partial charge in [-0.1, -0.05) is 54.1 Å². The van der Waals surface area contributed by atoms with Gasteiger partial charge in [-0.3, -0.25) is 14.6 Å². The smallest absolute Gasteiger partial charge is 0.253 e. The summed E-state index contributed by atoms with van der Waals surface area (Å²) in [7, 11) is 0. The van der Waals surface area contributed by atoms with Crippen molar-refractivity contribution >= 4 is 17.5 Å². The molecule has 2 heterocycles. The number of carbonyl (C=O) groups excluding carboxylic acids is 1. The highest BCUT2D eigenvalue weighted by Crippen LogP contribution is 2.14. The summed E-state index contributed by atoms with van der Waals surface area (Å²) in [5.74, 6) is -0.178. The Morgan fingerprint density at radius 1 is 0.875 bits per heavy atom. The first-order valence-corrected chi connectivity index (χ1v) is 10.7. The zero-order chi connectivity index (χ0) is 22.3. The van der Waals surface area contributed by atoms with E-state index in [2.05, 4.69) is 15.3 Å². The molecule has 0 aliphatic heterocycles. The van der Waals surface area contributed by atoms with Crippen LogP contribution >= 0.6 is 11.6 Å². The number of rotatable bonds is 7. The minimum atomic E-state index is -0.178. The molecule has 0 bridgehead atoms. The Bertz CT molecular complexity index is 1280. The van der Waals surface area contributed by atoms with Crippen LogP contribution in [0.1, 0.15) is 38.2 Å². The van der Waals surface area contributed by atoms with Gasteiger partial charge in [-0.05, 0) is 52.9 Å². The van der Waals surface area contributed by atoms with E-state index in [0.29, 0.717) is 30.0 Å². The zero-order valence-corrected chi connectivity index (χ0v) is 18.1. The van der Waals surface area contributed by atoms with Crippen LogP contribution in [0, 0.1) is 0 Å². The molecule has 2 aromatic carbocycles. The third kappa shape index (κ3) is 5.71. The first kappa shape index (κ1) is 21.5. The number of nitrogens with zero attached hydrogens (tertiary/aromatic N) is 1. The molecule has 0 fully saturated rings. The van der Waals surface area contributed by atoms with Crippen molar-refractivity contribution in [1.29, 1.82) is 0 Å². The predicted molar refractivity (Wildman–Crippen MR) is 126 cm³/mol. The largest absolute Gasteiger partial charge is 0.348 e. The summed E-state index contributed by atoms with van der Waals surface area (Å²) in [6.07, 6.45) is 6.21. The molecule has 5 nitrogen and oxygen atoms in total. The maximum absolute atomic E-state index is 12.5. The number of H-pyrrole nitrogens is 1. The minimum absolute atomic E-state index is 0.0619. The molecular weight excluding hydrogens is 422 g/mol. The number of benzene rings is 2. The van der Waals surface area contributed by atoms with Gasteiger partial charge in [0.2, 0.25) is 0 Å². The standard InChI is InChI=1S/C26H22ClN3O2/c27-24-5-1-3-20(14-24)16-30-26(32)23-13-21(15-28-17-23)11-18-6-8-19(9-7-18)12-22-4-2-10-29-25(22)31/h1-10,13-15,17H,11-12,16H2,(H,29,31)(H,30,32). The Hall–Kier alpha value is -3.70. The van der Waals surface area contributed by atoms with Gasteiger partial charge in [0, 0.05) is 42.1 Å². The van der Waals surface area contributed by atoms with Crippen LogP contribution in [0.4, 0.5) is 0 Å². The van der Waals surface area contributed by atoms with Gasteiger partial charge in [0.1, 0.15) is 0 Å². The van der Waals surface area contributed by atoms with Crippen LogP contribution in [-0.2, 0) is 19.4 Å². The lowest BCUT2D eigenvalue weighted by atomic mass is 10.0. The number of nitrogens with one attached hydrogen (secondary N) is 2. The average Bonchev–Trinajstić information content (AvgIpc) is 2.80. The van der Waals surface area contributed by atoms with Crippen molar-refractivity contribution in [3.05, 3.63) is 134 Å². The van der Waals surface area contributed by atoms with Gasteiger partial charge in [0.05, 0.1) is 5.56 Å². The fraction of sp³-hybridized carbons (Fsp3) is 0.115. The van der Waals surface area contributed by atoms with Gasteiger partial charge in [0.25, 0.3) is 11.5 Å². The highest BCUT2D eigenvalue weighted by Gasteiger charge is 2.08. The first-order valence-electron chi connectivity index (χ1n) is 10.3. The molecule has 4 aromatic rings. The lowest BCUT2D eigenvalue weighted by Crippen LogP contribution is -2.23. The molecule has 32 heavy (non-hydrogen) atoms. The minimum Gasteiger partial charge on any atom is -0.348 e. The molecule has 2 aromatic heterocycles. The topological polar surface area (TPSA) is 74.8 Å². The third-order valence-electron chi connectivity index (χ3n) is 5.12. The first-order chi connectivity index (χ1) is 15.6. The number of hydrogen-bond acceptors (Lipinski definition) is 3. The molecule has 4 rings (SSSR count). The Kier molecular flexibility index (Phi) is 6.78. The molecule has 1 amide bonds. The number of pyridine rings is 2. The van der Waals surface area contributed by atoms with E-state index in [-0.39, 0.29) is 11.5 Å². The van der Waals surface area contributed by atoms with Gasteiger partial charge >= 0.3 is 0 Å². The Morgan fingerprint density at radius 2 is 1.66 bits per heavy atom. The van der Waals surface area contributed by atoms with Crippen LogP contribution < -0.4 is 10.9 Å². The van der Waals surface area contributed by atoms with Crippen LogP contribution in [0.5, 0.6) is 0 Å². The maximum Gasteiger partial charge on any atom is 0.253 e. The Balaban J connectivity index is 1.38. The second-order valence-electron chi connectivity index (χ2n) is 7.59. The third-order valence-corrected chi connectivity index (χ3v) is 5.36. The SMILES string of the molecule is O=C(NCc1cccc(Cl)c1)c1cncc(Cc2ccc(Cc3ccc[nH]c3=O)cc2)c1. The van der Waals surface area contributed by atoms with E-state index in [1.165, 1.54) is 0 Å². The second-order valence-corrected chi connectivity index (χ2v) is 8.03. The lowest BCUT2D eigenvalue weighted by molar-refractivity contribution is 0.0950. The fourth-order valence-electron chi connectivity index (χ4n) is 3.47. The molecule has 160 valence electrons. The van der Waals surface area contributed by atoms with E-state index in [0.717, 1.165) is 27.8 Å². The molecule has 2 N–H and O–H groups in total. The summed E-state index contributed by atoms with van der Waals surface area (Å²) < 4.78 is 0. The van der Waals surface area contributed by atoms with Gasteiger partial charge in [-0.2, -0.15) is 0 Å². The van der Waals surface area contributed by atoms with Crippen LogP contribution in [0.15, 0.2) is 90.1 Å². The molecule has 0 unspecified atom stereocenters. The number of hydrogen-bond donors (Lipinski definition) is 2. The zero-order valence-electron chi connectivity index (χ0n) is 17.3. The van der Waals surface area contributed by atoms with Crippen LogP contribution in [-0.4, -0.2) is 15.9 Å². The summed E-state index contributed by atoms with van der Waals surface area (Å²) in [6.45, 7) is 0.398. The number of aromatic nitrogens is 2. The number of aromatic amines is 1. The van der Waals surface area contributed by atoms with Gasteiger partial charge in [-0.25, -0.2) is 0 Å². The second kappa shape index (κ2) is 10.1. The highest BCUT2D eigenvalue weighted by atomic mass is 35.5. The van der Waals surface area contributed by atoms with Crippen molar-refractivity contribution < 1.29 is 4.79 Å². The molecule has 0 saturated heterocycles. The van der Waals surface area contributed by atoms with Crippen molar-refractivity contribution in [2.75, 3.05) is 0 Å². The molecule has 0 atom stereocenters. The lowest BCUT2D eigenvalue weighted by Gasteiger charge is -2.08. The molecule has 0 aliphatic rings. The van der Waals surface area contributed by atoms with Gasteiger partial charge < -0.3 is 10.3 Å². The Morgan fingerprint density at radius 3 is 2.41 bits per heavy atom. The maximum atomic E-state index is 12.5. The molecule has 6 heteroatoms. The summed E-state index contributed by atoms with van der Waals surface area (Å²) in [5.41, 5.74) is 5.26. The van der Waals surface area contributed by atoms with E-state index in [1.807, 2.05) is 60.7 Å². The van der Waals surface area contributed by atoms with Crippen molar-refractivity contribution in [3.63, 3.8) is 0 Å². The highest BCUT2D eigenvalue weighted by molar-refractivity contribution is 6.30. The molecular formula is C26H22ClN3O2. The van der Waals surface area contributed by atoms with Crippen molar-refractivity contribution in [1.82, 2.24) is 15.3 Å². The predicted octanol–water partition coefficient (Wildman–Crippen LogP) is 4.53. The normalized spacial score (nSPS) is 10.7. The van der Waals surface area contributed by atoms with Gasteiger partial charge in [0.15, 0.2) is 0 Å². The summed E-state index contributed by atoms with van der Waals surface area (Å²) in [5, 5.41) is 3.54. The van der Waals surface area contributed by atoms with E-state index < -0.39 is 0 Å². The molecule has 0 saturated carbocycles.